The molecule has 1 aliphatic rings. The van der Waals surface area contributed by atoms with E-state index in [2.05, 4.69) is 20.7 Å². The monoisotopic (exact) mass is 454 g/mol. The van der Waals surface area contributed by atoms with Crippen molar-refractivity contribution in [2.75, 3.05) is 13.1 Å². The second kappa shape index (κ2) is 8.47. The number of amides is 1. The van der Waals surface area contributed by atoms with Gasteiger partial charge in [0.05, 0.1) is 0 Å². The van der Waals surface area contributed by atoms with Crippen LogP contribution in [0.5, 0.6) is 0 Å². The fraction of sp³-hybridized carbons (Fsp3) is 0.278. The van der Waals surface area contributed by atoms with Gasteiger partial charge in [-0.25, -0.2) is 13.1 Å². The molecule has 1 N–H and O–H groups in total. The van der Waals surface area contributed by atoms with E-state index in [4.69, 9.17) is 0 Å². The van der Waals surface area contributed by atoms with Gasteiger partial charge in [-0.15, -0.1) is 11.3 Å². The van der Waals surface area contributed by atoms with E-state index in [0.29, 0.717) is 30.1 Å². The second-order valence-electron chi connectivity index (χ2n) is 6.01. The Kier molecular flexibility index (Phi) is 6.29. The third-order valence-corrected chi connectivity index (χ3v) is 7.84. The zero-order valence-corrected chi connectivity index (χ0v) is 17.2. The van der Waals surface area contributed by atoms with Crippen LogP contribution in [0.4, 0.5) is 0 Å². The minimum absolute atomic E-state index is 0.0553. The maximum atomic E-state index is 12.3. The Morgan fingerprint density at radius 3 is 2.58 bits per heavy atom. The molecule has 0 saturated carbocycles. The first kappa shape index (κ1) is 19.3. The van der Waals surface area contributed by atoms with Crippen LogP contribution < -0.4 is 4.72 Å². The Labute approximate surface area is 165 Å². The van der Waals surface area contributed by atoms with Crippen molar-refractivity contribution in [3.8, 4) is 0 Å². The van der Waals surface area contributed by atoms with Crippen LogP contribution in [0.1, 0.15) is 18.4 Å². The second-order valence-corrected chi connectivity index (χ2v) is 9.75. The molecule has 0 unspecified atom stereocenters. The van der Waals surface area contributed by atoms with Crippen LogP contribution in [0.3, 0.4) is 0 Å². The number of benzene rings is 1. The number of rotatable bonds is 5. The van der Waals surface area contributed by atoms with E-state index in [-0.39, 0.29) is 11.9 Å². The highest BCUT2D eigenvalue weighted by atomic mass is 79.9. The highest BCUT2D eigenvalue weighted by molar-refractivity contribution is 9.10. The third-order valence-electron chi connectivity index (χ3n) is 4.20. The number of carbonyl (C=O) groups excluding carboxylic acids is 1. The fourth-order valence-electron chi connectivity index (χ4n) is 2.79. The van der Waals surface area contributed by atoms with Gasteiger partial charge in [0.1, 0.15) is 4.21 Å². The van der Waals surface area contributed by atoms with Crippen molar-refractivity contribution in [2.24, 2.45) is 0 Å². The number of halogens is 1. The van der Waals surface area contributed by atoms with Crippen molar-refractivity contribution in [1.29, 1.82) is 0 Å². The van der Waals surface area contributed by atoms with E-state index in [9.17, 15) is 13.2 Å². The summed E-state index contributed by atoms with van der Waals surface area (Å²) < 4.78 is 28.5. The summed E-state index contributed by atoms with van der Waals surface area (Å²) >= 11 is 4.66. The number of thiophene rings is 1. The van der Waals surface area contributed by atoms with Gasteiger partial charge in [-0.05, 0) is 42.0 Å². The predicted molar refractivity (Wildman–Crippen MR) is 107 cm³/mol. The van der Waals surface area contributed by atoms with Crippen molar-refractivity contribution < 1.29 is 13.2 Å². The summed E-state index contributed by atoms with van der Waals surface area (Å²) in [6, 6.07) is 10.9. The van der Waals surface area contributed by atoms with Crippen LogP contribution in [0.25, 0.3) is 6.08 Å². The molecular weight excluding hydrogens is 436 g/mol. The zero-order valence-electron chi connectivity index (χ0n) is 14.0. The molecule has 0 radical (unpaired) electrons. The molecule has 1 aliphatic heterocycles. The average Bonchev–Trinajstić information content (AvgIpc) is 3.17. The van der Waals surface area contributed by atoms with Crippen molar-refractivity contribution in [2.45, 2.75) is 23.1 Å². The van der Waals surface area contributed by atoms with Gasteiger partial charge < -0.3 is 4.90 Å². The van der Waals surface area contributed by atoms with E-state index in [1.807, 2.05) is 24.3 Å². The number of hydrogen-bond donors (Lipinski definition) is 1. The van der Waals surface area contributed by atoms with Crippen molar-refractivity contribution in [3.05, 3.63) is 57.9 Å². The molecule has 2 heterocycles. The number of likely N-dealkylation sites (tertiary alicyclic amines) is 1. The molecule has 0 aliphatic carbocycles. The van der Waals surface area contributed by atoms with Gasteiger partial charge in [-0.2, -0.15) is 0 Å². The molecule has 1 aromatic heterocycles. The van der Waals surface area contributed by atoms with Crippen LogP contribution in [0.2, 0.25) is 0 Å². The Morgan fingerprint density at radius 2 is 1.92 bits per heavy atom. The first-order valence-electron chi connectivity index (χ1n) is 8.23. The Bertz CT molecular complexity index is 887. The predicted octanol–water partition coefficient (Wildman–Crippen LogP) is 3.49. The average molecular weight is 455 g/mol. The van der Waals surface area contributed by atoms with Crippen LogP contribution in [0, 0.1) is 0 Å². The molecular formula is C18H19BrN2O3S2. The van der Waals surface area contributed by atoms with Crippen LogP contribution in [0.15, 0.2) is 56.5 Å². The van der Waals surface area contributed by atoms with E-state index in [1.54, 1.807) is 34.6 Å². The summed E-state index contributed by atoms with van der Waals surface area (Å²) in [4.78, 5) is 14.1. The minimum Gasteiger partial charge on any atom is -0.339 e. The van der Waals surface area contributed by atoms with E-state index in [0.717, 1.165) is 10.0 Å². The maximum absolute atomic E-state index is 12.3. The van der Waals surface area contributed by atoms with Gasteiger partial charge in [0.15, 0.2) is 0 Å². The molecule has 5 nitrogen and oxygen atoms in total. The lowest BCUT2D eigenvalue weighted by Crippen LogP contribution is -2.46. The van der Waals surface area contributed by atoms with Crippen molar-refractivity contribution >= 4 is 49.3 Å². The molecule has 2 aromatic rings. The van der Waals surface area contributed by atoms with Gasteiger partial charge >= 0.3 is 0 Å². The quantitative estimate of drug-likeness (QED) is 0.702. The molecule has 1 saturated heterocycles. The summed E-state index contributed by atoms with van der Waals surface area (Å²) in [6.45, 7) is 1.08. The number of hydrogen-bond acceptors (Lipinski definition) is 4. The first-order chi connectivity index (χ1) is 12.5. The van der Waals surface area contributed by atoms with Crippen LogP contribution in [-0.2, 0) is 14.8 Å². The van der Waals surface area contributed by atoms with Gasteiger partial charge in [-0.1, -0.05) is 40.2 Å². The smallest absolute Gasteiger partial charge is 0.250 e. The number of piperidine rings is 1. The first-order valence-corrected chi connectivity index (χ1v) is 11.4. The fourth-order valence-corrected chi connectivity index (χ4v) is 5.52. The van der Waals surface area contributed by atoms with Crippen molar-refractivity contribution in [1.82, 2.24) is 9.62 Å². The summed E-state index contributed by atoms with van der Waals surface area (Å²) in [5, 5.41) is 1.74. The lowest BCUT2D eigenvalue weighted by Gasteiger charge is -2.31. The lowest BCUT2D eigenvalue weighted by molar-refractivity contribution is -0.126. The van der Waals surface area contributed by atoms with Gasteiger partial charge in [0.2, 0.25) is 15.9 Å². The van der Waals surface area contributed by atoms with Gasteiger partial charge in [-0.3, -0.25) is 4.79 Å². The summed E-state index contributed by atoms with van der Waals surface area (Å²) in [5.74, 6) is -0.0553. The lowest BCUT2D eigenvalue weighted by atomic mass is 10.1. The van der Waals surface area contributed by atoms with Gasteiger partial charge in [0, 0.05) is 29.7 Å². The molecule has 1 amide bonds. The molecule has 3 rings (SSSR count). The highest BCUT2D eigenvalue weighted by Crippen LogP contribution is 2.20. The summed E-state index contributed by atoms with van der Waals surface area (Å²) in [6.07, 6.45) is 4.58. The Hall–Kier alpha value is -1.48. The molecule has 0 bridgehead atoms. The van der Waals surface area contributed by atoms with E-state index < -0.39 is 10.0 Å². The van der Waals surface area contributed by atoms with Crippen LogP contribution >= 0.6 is 27.3 Å². The molecule has 0 spiro atoms. The topological polar surface area (TPSA) is 66.5 Å². The molecule has 26 heavy (non-hydrogen) atoms. The Balaban J connectivity index is 1.53. The molecule has 1 aromatic carbocycles. The molecule has 138 valence electrons. The SMILES string of the molecule is O=C(/C=C/c1ccccc1Br)N1CCC(NS(=O)(=O)c2cccs2)CC1. The zero-order chi connectivity index (χ0) is 18.6. The maximum Gasteiger partial charge on any atom is 0.250 e. The van der Waals surface area contributed by atoms with E-state index >= 15 is 0 Å². The highest BCUT2D eigenvalue weighted by Gasteiger charge is 2.26. The minimum atomic E-state index is -3.46. The molecule has 8 heteroatoms. The molecule has 0 atom stereocenters. The third kappa shape index (κ3) is 4.82. The van der Waals surface area contributed by atoms with Crippen LogP contribution in [-0.4, -0.2) is 38.4 Å². The molecule has 1 fully saturated rings. The van der Waals surface area contributed by atoms with E-state index in [1.165, 1.54) is 11.3 Å². The number of nitrogens with zero attached hydrogens (tertiary/aromatic N) is 1. The van der Waals surface area contributed by atoms with Gasteiger partial charge in [0.25, 0.3) is 0 Å². The van der Waals surface area contributed by atoms with Crippen molar-refractivity contribution in [3.63, 3.8) is 0 Å². The standard InChI is InChI=1S/C18H19BrN2O3S2/c19-16-5-2-1-4-14(16)7-8-17(22)21-11-9-15(10-12-21)20-26(23,24)18-6-3-13-25-18/h1-8,13,15,20H,9-12H2/b8-7+. The Morgan fingerprint density at radius 1 is 1.19 bits per heavy atom. The number of nitrogens with one attached hydrogen (secondary N) is 1. The number of carbonyl (C=O) groups is 1. The largest absolute Gasteiger partial charge is 0.339 e. The summed E-state index contributed by atoms with van der Waals surface area (Å²) in [5.41, 5.74) is 0.944. The number of sulfonamides is 1. The normalized spacial score (nSPS) is 16.3. The summed E-state index contributed by atoms with van der Waals surface area (Å²) in [7, 11) is -3.46.